The van der Waals surface area contributed by atoms with Gasteiger partial charge in [-0.2, -0.15) is 0 Å². The molecule has 0 unspecified atom stereocenters. The lowest BCUT2D eigenvalue weighted by Gasteiger charge is -2.23. The predicted octanol–water partition coefficient (Wildman–Crippen LogP) is 0.820. The van der Waals surface area contributed by atoms with E-state index in [0.717, 1.165) is 6.54 Å². The van der Waals surface area contributed by atoms with Crippen molar-refractivity contribution in [1.29, 1.82) is 0 Å². The fourth-order valence-corrected chi connectivity index (χ4v) is 3.64. The Balaban J connectivity index is 1.96. The third-order valence-electron chi connectivity index (χ3n) is 3.27. The zero-order valence-corrected chi connectivity index (χ0v) is 12.2. The van der Waals surface area contributed by atoms with Gasteiger partial charge in [-0.1, -0.05) is 0 Å². The molecule has 0 spiro atoms. The molecule has 0 saturated carbocycles. The van der Waals surface area contributed by atoms with Crippen LogP contribution < -0.4 is 10.6 Å². The summed E-state index contributed by atoms with van der Waals surface area (Å²) in [5, 5.41) is 5.93. The highest BCUT2D eigenvalue weighted by Gasteiger charge is 2.24. The molecule has 1 saturated heterocycles. The average Bonchev–Trinajstić information content (AvgIpc) is 2.42. The van der Waals surface area contributed by atoms with Crippen molar-refractivity contribution in [3.05, 3.63) is 23.9 Å². The first-order valence-electron chi connectivity index (χ1n) is 6.71. The van der Waals surface area contributed by atoms with E-state index < -0.39 is 9.84 Å². The number of hydrogen-bond donors (Lipinski definition) is 2. The van der Waals surface area contributed by atoms with Crippen molar-refractivity contribution in [3.8, 4) is 0 Å². The number of sulfone groups is 1. The summed E-state index contributed by atoms with van der Waals surface area (Å²) in [6, 6.07) is 3.27. The molecule has 0 bridgehead atoms. The second-order valence-corrected chi connectivity index (χ2v) is 7.16. The van der Waals surface area contributed by atoms with Gasteiger partial charge in [0.25, 0.3) is 5.91 Å². The molecule has 0 radical (unpaired) electrons. The van der Waals surface area contributed by atoms with Crippen LogP contribution in [0.3, 0.4) is 0 Å². The Labute approximate surface area is 118 Å². The molecule has 1 aromatic rings. The van der Waals surface area contributed by atoms with Gasteiger partial charge < -0.3 is 10.6 Å². The lowest BCUT2D eigenvalue weighted by Crippen LogP contribution is -2.40. The van der Waals surface area contributed by atoms with Crippen LogP contribution in [0, 0.1) is 0 Å². The summed E-state index contributed by atoms with van der Waals surface area (Å²) in [7, 11) is -2.90. The molecule has 20 heavy (non-hydrogen) atoms. The molecule has 1 aliphatic heterocycles. The SMILES string of the molecule is CCNc1cc(C(=O)NC2CCS(=O)(=O)CC2)ccn1. The molecular weight excluding hydrogens is 278 g/mol. The van der Waals surface area contributed by atoms with Crippen LogP contribution in [0.4, 0.5) is 5.82 Å². The predicted molar refractivity (Wildman–Crippen MR) is 77.5 cm³/mol. The monoisotopic (exact) mass is 297 g/mol. The first kappa shape index (κ1) is 14.8. The highest BCUT2D eigenvalue weighted by Crippen LogP contribution is 2.13. The smallest absolute Gasteiger partial charge is 0.251 e. The molecule has 2 N–H and O–H groups in total. The van der Waals surface area contributed by atoms with Crippen LogP contribution in [0.2, 0.25) is 0 Å². The summed E-state index contributed by atoms with van der Waals surface area (Å²) in [4.78, 5) is 16.2. The van der Waals surface area contributed by atoms with E-state index in [0.29, 0.717) is 24.2 Å². The maximum Gasteiger partial charge on any atom is 0.251 e. The number of carbonyl (C=O) groups is 1. The van der Waals surface area contributed by atoms with Crippen molar-refractivity contribution in [3.63, 3.8) is 0 Å². The third kappa shape index (κ3) is 3.93. The second kappa shape index (κ2) is 6.21. The zero-order chi connectivity index (χ0) is 14.6. The van der Waals surface area contributed by atoms with E-state index in [2.05, 4.69) is 15.6 Å². The van der Waals surface area contributed by atoms with E-state index in [9.17, 15) is 13.2 Å². The molecule has 6 nitrogen and oxygen atoms in total. The Morgan fingerprint density at radius 2 is 2.10 bits per heavy atom. The van der Waals surface area contributed by atoms with Gasteiger partial charge >= 0.3 is 0 Å². The fraction of sp³-hybridized carbons (Fsp3) is 0.538. The minimum atomic E-state index is -2.90. The summed E-state index contributed by atoms with van der Waals surface area (Å²) in [5.41, 5.74) is 0.532. The van der Waals surface area contributed by atoms with E-state index in [1.54, 1.807) is 18.3 Å². The van der Waals surface area contributed by atoms with Gasteiger partial charge in [0.05, 0.1) is 11.5 Å². The van der Waals surface area contributed by atoms with Crippen LogP contribution in [0.1, 0.15) is 30.1 Å². The number of aromatic nitrogens is 1. The van der Waals surface area contributed by atoms with Crippen LogP contribution in [-0.2, 0) is 9.84 Å². The molecule has 110 valence electrons. The van der Waals surface area contributed by atoms with Crippen molar-refractivity contribution >= 4 is 21.6 Å². The van der Waals surface area contributed by atoms with Gasteiger partial charge in [-0.05, 0) is 31.9 Å². The van der Waals surface area contributed by atoms with E-state index >= 15 is 0 Å². The number of nitrogens with zero attached hydrogens (tertiary/aromatic N) is 1. The van der Waals surface area contributed by atoms with Crippen LogP contribution in [-0.4, -0.2) is 43.4 Å². The normalized spacial score (nSPS) is 18.4. The fourth-order valence-electron chi connectivity index (χ4n) is 2.15. The van der Waals surface area contributed by atoms with E-state index in [1.165, 1.54) is 0 Å². The molecular formula is C13H19N3O3S. The third-order valence-corrected chi connectivity index (χ3v) is 4.99. The van der Waals surface area contributed by atoms with Gasteiger partial charge in [-0.15, -0.1) is 0 Å². The zero-order valence-electron chi connectivity index (χ0n) is 11.4. The minimum absolute atomic E-state index is 0.0678. The standard InChI is InChI=1S/C13H19N3O3S/c1-2-14-12-9-10(3-6-15-12)13(17)16-11-4-7-20(18,19)8-5-11/h3,6,9,11H,2,4-5,7-8H2,1H3,(H,14,15)(H,16,17). The second-order valence-electron chi connectivity index (χ2n) is 4.86. The van der Waals surface area contributed by atoms with Crippen molar-refractivity contribution in [2.75, 3.05) is 23.4 Å². The summed E-state index contributed by atoms with van der Waals surface area (Å²) < 4.78 is 22.7. The number of hydrogen-bond acceptors (Lipinski definition) is 5. The van der Waals surface area contributed by atoms with Crippen LogP contribution >= 0.6 is 0 Å². The van der Waals surface area contributed by atoms with Gasteiger partial charge in [0, 0.05) is 24.3 Å². The molecule has 0 aromatic carbocycles. The van der Waals surface area contributed by atoms with Gasteiger partial charge in [-0.25, -0.2) is 13.4 Å². The lowest BCUT2D eigenvalue weighted by molar-refractivity contribution is 0.0934. The Morgan fingerprint density at radius 1 is 1.40 bits per heavy atom. The number of anilines is 1. The summed E-state index contributed by atoms with van der Waals surface area (Å²) in [6.07, 6.45) is 2.55. The van der Waals surface area contributed by atoms with E-state index in [1.807, 2.05) is 6.92 Å². The number of carbonyl (C=O) groups excluding carboxylic acids is 1. The molecule has 1 amide bonds. The van der Waals surface area contributed by atoms with Crippen LogP contribution in [0.15, 0.2) is 18.3 Å². The molecule has 1 aromatic heterocycles. The molecule has 2 heterocycles. The molecule has 1 fully saturated rings. The van der Waals surface area contributed by atoms with Gasteiger partial charge in [0.1, 0.15) is 15.7 Å². The van der Waals surface area contributed by atoms with Gasteiger partial charge in [0.2, 0.25) is 0 Å². The summed E-state index contributed by atoms with van der Waals surface area (Å²) in [6.45, 7) is 2.69. The summed E-state index contributed by atoms with van der Waals surface area (Å²) in [5.74, 6) is 0.774. The molecule has 7 heteroatoms. The van der Waals surface area contributed by atoms with Crippen molar-refractivity contribution in [2.24, 2.45) is 0 Å². The Bertz CT molecular complexity index is 572. The van der Waals surface area contributed by atoms with Crippen molar-refractivity contribution in [1.82, 2.24) is 10.3 Å². The van der Waals surface area contributed by atoms with Crippen LogP contribution in [0.25, 0.3) is 0 Å². The summed E-state index contributed by atoms with van der Waals surface area (Å²) >= 11 is 0. The van der Waals surface area contributed by atoms with Crippen molar-refractivity contribution < 1.29 is 13.2 Å². The van der Waals surface area contributed by atoms with E-state index in [-0.39, 0.29) is 23.5 Å². The van der Waals surface area contributed by atoms with Gasteiger partial charge in [-0.3, -0.25) is 4.79 Å². The first-order valence-corrected chi connectivity index (χ1v) is 8.53. The largest absolute Gasteiger partial charge is 0.370 e. The Hall–Kier alpha value is -1.63. The highest BCUT2D eigenvalue weighted by atomic mass is 32.2. The topological polar surface area (TPSA) is 88.2 Å². The molecule has 2 rings (SSSR count). The Kier molecular flexibility index (Phi) is 4.59. The maximum atomic E-state index is 12.1. The molecule has 1 aliphatic rings. The number of rotatable bonds is 4. The maximum absolute atomic E-state index is 12.1. The average molecular weight is 297 g/mol. The first-order chi connectivity index (χ1) is 9.50. The number of nitrogens with one attached hydrogen (secondary N) is 2. The minimum Gasteiger partial charge on any atom is -0.370 e. The number of pyridine rings is 1. The lowest BCUT2D eigenvalue weighted by atomic mass is 10.1. The van der Waals surface area contributed by atoms with Crippen molar-refractivity contribution in [2.45, 2.75) is 25.8 Å². The van der Waals surface area contributed by atoms with Gasteiger partial charge in [0.15, 0.2) is 0 Å². The highest BCUT2D eigenvalue weighted by molar-refractivity contribution is 7.91. The molecule has 0 aliphatic carbocycles. The Morgan fingerprint density at radius 3 is 2.75 bits per heavy atom. The quantitative estimate of drug-likeness (QED) is 0.859. The van der Waals surface area contributed by atoms with E-state index in [4.69, 9.17) is 0 Å². The van der Waals surface area contributed by atoms with Crippen LogP contribution in [0.5, 0.6) is 0 Å². The number of amides is 1. The molecule has 0 atom stereocenters.